The second-order valence-corrected chi connectivity index (χ2v) is 6.69. The Morgan fingerprint density at radius 3 is 2.48 bits per heavy atom. The van der Waals surface area contributed by atoms with Crippen LogP contribution in [0.5, 0.6) is 0 Å². The normalized spacial score (nSPS) is 11.2. The predicted octanol–water partition coefficient (Wildman–Crippen LogP) is 3.46. The fourth-order valence-corrected chi connectivity index (χ4v) is 2.57. The Hall–Kier alpha value is -1.79. The van der Waals surface area contributed by atoms with Gasteiger partial charge >= 0.3 is 0 Å². The second-order valence-electron chi connectivity index (χ2n) is 4.51. The Balaban J connectivity index is 2.18. The van der Waals surface area contributed by atoms with Crippen LogP contribution in [-0.4, -0.2) is 14.7 Å². The molecule has 2 aromatic rings. The lowest BCUT2D eigenvalue weighted by molar-refractivity contribution is 0.606. The van der Waals surface area contributed by atoms with E-state index in [0.29, 0.717) is 22.0 Å². The van der Waals surface area contributed by atoms with Gasteiger partial charge in [-0.3, -0.25) is 4.72 Å². The predicted molar refractivity (Wildman–Crippen MR) is 83.6 cm³/mol. The topological polar surface area (TPSA) is 58.2 Å². The van der Waals surface area contributed by atoms with Gasteiger partial charge < -0.3 is 5.32 Å². The molecule has 4 nitrogen and oxygen atoms in total. The van der Waals surface area contributed by atoms with E-state index in [-0.39, 0.29) is 12.4 Å². The standard InChI is InChI=1S/C14H14ClFN2O2S/c1-21(19,20)18-14-5-3-2-4-13(14)17-9-10-8-11(15)6-7-12(10)16/h2-8,17-18H,9H2,1H3. The minimum Gasteiger partial charge on any atom is -0.379 e. The zero-order valence-electron chi connectivity index (χ0n) is 11.2. The van der Waals surface area contributed by atoms with E-state index in [9.17, 15) is 12.8 Å². The first-order chi connectivity index (χ1) is 9.85. The van der Waals surface area contributed by atoms with Gasteiger partial charge in [0.05, 0.1) is 17.6 Å². The van der Waals surface area contributed by atoms with E-state index >= 15 is 0 Å². The van der Waals surface area contributed by atoms with Crippen LogP contribution in [0.2, 0.25) is 5.02 Å². The highest BCUT2D eigenvalue weighted by atomic mass is 35.5. The number of rotatable bonds is 5. The molecule has 0 atom stereocenters. The Morgan fingerprint density at radius 2 is 1.81 bits per heavy atom. The van der Waals surface area contributed by atoms with Crippen LogP contribution in [0, 0.1) is 5.82 Å². The highest BCUT2D eigenvalue weighted by Crippen LogP contribution is 2.23. The number of para-hydroxylation sites is 2. The molecule has 0 heterocycles. The van der Waals surface area contributed by atoms with Crippen molar-refractivity contribution in [3.05, 3.63) is 58.9 Å². The molecule has 21 heavy (non-hydrogen) atoms. The van der Waals surface area contributed by atoms with Crippen LogP contribution < -0.4 is 10.0 Å². The largest absolute Gasteiger partial charge is 0.379 e. The first-order valence-corrected chi connectivity index (χ1v) is 8.37. The lowest BCUT2D eigenvalue weighted by Gasteiger charge is -2.13. The highest BCUT2D eigenvalue weighted by molar-refractivity contribution is 7.92. The van der Waals surface area contributed by atoms with Crippen molar-refractivity contribution in [3.8, 4) is 0 Å². The van der Waals surface area contributed by atoms with Crippen LogP contribution >= 0.6 is 11.6 Å². The van der Waals surface area contributed by atoms with Crippen LogP contribution in [0.4, 0.5) is 15.8 Å². The van der Waals surface area contributed by atoms with Crippen molar-refractivity contribution in [1.29, 1.82) is 0 Å². The molecule has 2 aromatic carbocycles. The average molecular weight is 329 g/mol. The highest BCUT2D eigenvalue weighted by Gasteiger charge is 2.08. The summed E-state index contributed by atoms with van der Waals surface area (Å²) < 4.78 is 38.7. The van der Waals surface area contributed by atoms with Crippen molar-refractivity contribution in [1.82, 2.24) is 0 Å². The van der Waals surface area contributed by atoms with Crippen molar-refractivity contribution >= 4 is 33.0 Å². The Bertz CT molecular complexity index is 750. The minimum absolute atomic E-state index is 0.189. The number of anilines is 2. The van der Waals surface area contributed by atoms with Gasteiger partial charge in [-0.2, -0.15) is 0 Å². The molecule has 7 heteroatoms. The molecule has 0 saturated carbocycles. The van der Waals surface area contributed by atoms with Gasteiger partial charge in [0.1, 0.15) is 5.82 Å². The van der Waals surface area contributed by atoms with Gasteiger partial charge in [-0.25, -0.2) is 12.8 Å². The van der Waals surface area contributed by atoms with Crippen LogP contribution in [-0.2, 0) is 16.6 Å². The molecule has 0 spiro atoms. The molecule has 0 aromatic heterocycles. The first-order valence-electron chi connectivity index (χ1n) is 6.10. The number of hydrogen-bond donors (Lipinski definition) is 2. The third-order valence-electron chi connectivity index (χ3n) is 2.70. The summed E-state index contributed by atoms with van der Waals surface area (Å²) in [6.07, 6.45) is 1.07. The molecule has 112 valence electrons. The van der Waals surface area contributed by atoms with Gasteiger partial charge in [-0.15, -0.1) is 0 Å². The molecule has 0 aliphatic carbocycles. The summed E-state index contributed by atoms with van der Waals surface area (Å²) in [5.41, 5.74) is 1.36. The van der Waals surface area contributed by atoms with Crippen molar-refractivity contribution in [2.45, 2.75) is 6.54 Å². The van der Waals surface area contributed by atoms with Gasteiger partial charge in [0.2, 0.25) is 10.0 Å². The monoisotopic (exact) mass is 328 g/mol. The second kappa shape index (κ2) is 6.32. The molecular weight excluding hydrogens is 315 g/mol. The van der Waals surface area contributed by atoms with Gasteiger partial charge in [-0.05, 0) is 30.3 Å². The Labute approximate surface area is 128 Å². The zero-order chi connectivity index (χ0) is 15.5. The maximum atomic E-state index is 13.6. The van der Waals surface area contributed by atoms with Crippen LogP contribution in [0.15, 0.2) is 42.5 Å². The number of benzene rings is 2. The lowest BCUT2D eigenvalue weighted by Crippen LogP contribution is -2.12. The molecule has 0 amide bonds. The fraction of sp³-hybridized carbons (Fsp3) is 0.143. The third kappa shape index (κ3) is 4.61. The van der Waals surface area contributed by atoms with Gasteiger partial charge in [0.25, 0.3) is 0 Å². The first kappa shape index (κ1) is 15.6. The van der Waals surface area contributed by atoms with Gasteiger partial charge in [0, 0.05) is 17.1 Å². The summed E-state index contributed by atoms with van der Waals surface area (Å²) in [6, 6.07) is 11.1. The van der Waals surface area contributed by atoms with Gasteiger partial charge in [0.15, 0.2) is 0 Å². The summed E-state index contributed by atoms with van der Waals surface area (Å²) in [6.45, 7) is 0.189. The molecule has 0 saturated heterocycles. The van der Waals surface area contributed by atoms with E-state index in [1.165, 1.54) is 18.2 Å². The molecule has 0 unspecified atom stereocenters. The molecule has 0 aliphatic rings. The summed E-state index contributed by atoms with van der Waals surface area (Å²) in [4.78, 5) is 0. The minimum atomic E-state index is -3.38. The maximum absolute atomic E-state index is 13.6. The number of hydrogen-bond acceptors (Lipinski definition) is 3. The van der Waals surface area contributed by atoms with E-state index in [2.05, 4.69) is 10.0 Å². The van der Waals surface area contributed by atoms with E-state index in [1.54, 1.807) is 24.3 Å². The summed E-state index contributed by atoms with van der Waals surface area (Å²) in [5, 5.41) is 3.44. The number of sulfonamides is 1. The third-order valence-corrected chi connectivity index (χ3v) is 3.53. The quantitative estimate of drug-likeness (QED) is 0.883. The Kier molecular flexibility index (Phi) is 4.69. The fourth-order valence-electron chi connectivity index (χ4n) is 1.80. The van der Waals surface area contributed by atoms with E-state index < -0.39 is 10.0 Å². The van der Waals surface area contributed by atoms with Crippen LogP contribution in [0.25, 0.3) is 0 Å². The Morgan fingerprint density at radius 1 is 1.14 bits per heavy atom. The van der Waals surface area contributed by atoms with Crippen molar-refractivity contribution in [2.24, 2.45) is 0 Å². The number of halogens is 2. The van der Waals surface area contributed by atoms with E-state index in [4.69, 9.17) is 11.6 Å². The maximum Gasteiger partial charge on any atom is 0.229 e. The molecule has 0 bridgehead atoms. The van der Waals surface area contributed by atoms with Crippen LogP contribution in [0.1, 0.15) is 5.56 Å². The summed E-state index contributed by atoms with van der Waals surface area (Å²) >= 11 is 5.83. The zero-order valence-corrected chi connectivity index (χ0v) is 12.8. The number of nitrogens with one attached hydrogen (secondary N) is 2. The average Bonchev–Trinajstić information content (AvgIpc) is 2.39. The SMILES string of the molecule is CS(=O)(=O)Nc1ccccc1NCc1cc(Cl)ccc1F. The van der Waals surface area contributed by atoms with Gasteiger partial charge in [-0.1, -0.05) is 23.7 Å². The smallest absolute Gasteiger partial charge is 0.229 e. The van der Waals surface area contributed by atoms with Crippen molar-refractivity contribution < 1.29 is 12.8 Å². The lowest BCUT2D eigenvalue weighted by atomic mass is 10.2. The molecule has 2 N–H and O–H groups in total. The molecule has 2 rings (SSSR count). The van der Waals surface area contributed by atoms with E-state index in [0.717, 1.165) is 6.26 Å². The summed E-state index contributed by atoms with van der Waals surface area (Å²) in [5.74, 6) is -0.375. The summed E-state index contributed by atoms with van der Waals surface area (Å²) in [7, 11) is -3.38. The molecule has 0 radical (unpaired) electrons. The molecule has 0 fully saturated rings. The molecule has 0 aliphatic heterocycles. The van der Waals surface area contributed by atoms with Crippen LogP contribution in [0.3, 0.4) is 0 Å². The van der Waals surface area contributed by atoms with Crippen molar-refractivity contribution in [2.75, 3.05) is 16.3 Å². The molecular formula is C14H14ClFN2O2S. The van der Waals surface area contributed by atoms with Crippen molar-refractivity contribution in [3.63, 3.8) is 0 Å². The van der Waals surface area contributed by atoms with E-state index in [1.807, 2.05) is 0 Å².